The molecular formula is C21H22N8. The van der Waals surface area contributed by atoms with Gasteiger partial charge in [0.25, 0.3) is 0 Å². The first-order chi connectivity index (χ1) is 14.3. The highest BCUT2D eigenvalue weighted by Crippen LogP contribution is 2.27. The number of nitrogens with zero attached hydrogens (tertiary/aromatic N) is 8. The van der Waals surface area contributed by atoms with Crippen LogP contribution in [0.5, 0.6) is 0 Å². The van der Waals surface area contributed by atoms with E-state index >= 15 is 0 Å². The largest absolute Gasteiger partial charge is 0.352 e. The molecule has 0 aromatic carbocycles. The number of pyridine rings is 1. The van der Waals surface area contributed by atoms with E-state index in [1.165, 1.54) is 24.1 Å². The molecule has 8 nitrogen and oxygen atoms in total. The van der Waals surface area contributed by atoms with Crippen LogP contribution in [0.1, 0.15) is 29.7 Å². The number of rotatable bonds is 3. The predicted molar refractivity (Wildman–Crippen MR) is 109 cm³/mol. The van der Waals surface area contributed by atoms with E-state index < -0.39 is 0 Å². The van der Waals surface area contributed by atoms with Gasteiger partial charge < -0.3 is 9.80 Å². The standard InChI is InChI=1S/C21H22N8/c22-15-17-14-16-4-1-2-5-18(16)24-21(17)28-12-10-27(11-13-28)19-6-7-20(26-25-19)29-9-3-8-23-29/h3,6-9,14H,1-2,4-5,10-13H2. The summed E-state index contributed by atoms with van der Waals surface area (Å²) in [6, 6.07) is 10.2. The van der Waals surface area contributed by atoms with Gasteiger partial charge in [-0.25, -0.2) is 9.67 Å². The van der Waals surface area contributed by atoms with Crippen molar-refractivity contribution in [2.24, 2.45) is 0 Å². The minimum atomic E-state index is 0.697. The molecule has 1 aliphatic heterocycles. The van der Waals surface area contributed by atoms with Crippen molar-refractivity contribution in [1.29, 1.82) is 5.26 Å². The zero-order chi connectivity index (χ0) is 19.6. The number of piperazine rings is 1. The van der Waals surface area contributed by atoms with Gasteiger partial charge in [0.2, 0.25) is 0 Å². The maximum Gasteiger partial charge on any atom is 0.175 e. The topological polar surface area (TPSA) is 86.8 Å². The van der Waals surface area contributed by atoms with Crippen molar-refractivity contribution in [3.8, 4) is 11.9 Å². The Morgan fingerprint density at radius 1 is 0.931 bits per heavy atom. The van der Waals surface area contributed by atoms with Gasteiger partial charge in [0.1, 0.15) is 11.9 Å². The van der Waals surface area contributed by atoms with Crippen LogP contribution in [-0.2, 0) is 12.8 Å². The van der Waals surface area contributed by atoms with Crippen molar-refractivity contribution in [3.63, 3.8) is 0 Å². The van der Waals surface area contributed by atoms with Crippen LogP contribution in [0.15, 0.2) is 36.7 Å². The van der Waals surface area contributed by atoms with E-state index in [1.807, 2.05) is 24.4 Å². The molecule has 0 N–H and O–H groups in total. The van der Waals surface area contributed by atoms with Crippen molar-refractivity contribution in [2.45, 2.75) is 25.7 Å². The first-order valence-corrected chi connectivity index (χ1v) is 10.1. The lowest BCUT2D eigenvalue weighted by Gasteiger charge is -2.36. The maximum absolute atomic E-state index is 9.63. The molecule has 2 aliphatic rings. The Balaban J connectivity index is 1.30. The lowest BCUT2D eigenvalue weighted by molar-refractivity contribution is 0.627. The molecule has 29 heavy (non-hydrogen) atoms. The fraction of sp³-hybridized carbons (Fsp3) is 0.381. The third-order valence-electron chi connectivity index (χ3n) is 5.68. The van der Waals surface area contributed by atoms with Crippen LogP contribution in [0, 0.1) is 11.3 Å². The van der Waals surface area contributed by atoms with Crippen LogP contribution in [0.3, 0.4) is 0 Å². The summed E-state index contributed by atoms with van der Waals surface area (Å²) in [6.07, 6.45) is 8.01. The summed E-state index contributed by atoms with van der Waals surface area (Å²) in [4.78, 5) is 9.35. The highest BCUT2D eigenvalue weighted by molar-refractivity contribution is 5.57. The van der Waals surface area contributed by atoms with E-state index in [1.54, 1.807) is 10.9 Å². The summed E-state index contributed by atoms with van der Waals surface area (Å²) < 4.78 is 1.69. The van der Waals surface area contributed by atoms with E-state index in [2.05, 4.69) is 37.2 Å². The SMILES string of the molecule is N#Cc1cc2c(nc1N1CCN(c3ccc(-n4cccn4)nn3)CC1)CCCC2. The summed E-state index contributed by atoms with van der Waals surface area (Å²) >= 11 is 0. The van der Waals surface area contributed by atoms with Crippen LogP contribution >= 0.6 is 0 Å². The van der Waals surface area contributed by atoms with Gasteiger partial charge in [-0.1, -0.05) is 0 Å². The Labute approximate surface area is 169 Å². The van der Waals surface area contributed by atoms with E-state index in [9.17, 15) is 5.26 Å². The Morgan fingerprint density at radius 3 is 2.41 bits per heavy atom. The molecular weight excluding hydrogens is 364 g/mol. The van der Waals surface area contributed by atoms with Crippen LogP contribution in [0.25, 0.3) is 5.82 Å². The van der Waals surface area contributed by atoms with E-state index in [-0.39, 0.29) is 0 Å². The zero-order valence-electron chi connectivity index (χ0n) is 16.2. The van der Waals surface area contributed by atoms with Gasteiger partial charge in [-0.15, -0.1) is 10.2 Å². The van der Waals surface area contributed by atoms with Gasteiger partial charge in [-0.3, -0.25) is 0 Å². The van der Waals surface area contributed by atoms with E-state index in [4.69, 9.17) is 4.98 Å². The van der Waals surface area contributed by atoms with Crippen LogP contribution in [0.4, 0.5) is 11.6 Å². The molecule has 8 heteroatoms. The van der Waals surface area contributed by atoms with E-state index in [0.29, 0.717) is 11.4 Å². The minimum Gasteiger partial charge on any atom is -0.352 e. The normalized spacial score (nSPS) is 16.4. The van der Waals surface area contributed by atoms with Crippen molar-refractivity contribution in [2.75, 3.05) is 36.0 Å². The Bertz CT molecular complexity index is 1030. The van der Waals surface area contributed by atoms with Gasteiger partial charge >= 0.3 is 0 Å². The lowest BCUT2D eigenvalue weighted by Crippen LogP contribution is -2.47. The lowest BCUT2D eigenvalue weighted by atomic mass is 9.95. The number of aryl methyl sites for hydroxylation is 2. The molecule has 3 aromatic rings. The molecule has 0 unspecified atom stereocenters. The van der Waals surface area contributed by atoms with Crippen molar-refractivity contribution >= 4 is 11.6 Å². The Kier molecular flexibility index (Phi) is 4.56. The molecule has 0 atom stereocenters. The number of fused-ring (bicyclic) bond motifs is 1. The smallest absolute Gasteiger partial charge is 0.175 e. The van der Waals surface area contributed by atoms with Gasteiger partial charge in [-0.05, 0) is 55.5 Å². The molecule has 3 aromatic heterocycles. The highest BCUT2D eigenvalue weighted by Gasteiger charge is 2.24. The predicted octanol–water partition coefficient (Wildman–Crippen LogP) is 2.13. The fourth-order valence-corrected chi connectivity index (χ4v) is 4.11. The molecule has 1 fully saturated rings. The second kappa shape index (κ2) is 7.51. The van der Waals surface area contributed by atoms with E-state index in [0.717, 1.165) is 50.7 Å². The van der Waals surface area contributed by atoms with Gasteiger partial charge in [-0.2, -0.15) is 10.4 Å². The fourth-order valence-electron chi connectivity index (χ4n) is 4.11. The molecule has 1 aliphatic carbocycles. The van der Waals surface area contributed by atoms with Gasteiger partial charge in [0.15, 0.2) is 11.6 Å². The van der Waals surface area contributed by atoms with Crippen LogP contribution in [-0.4, -0.2) is 51.1 Å². The molecule has 0 spiro atoms. The first-order valence-electron chi connectivity index (χ1n) is 10.1. The van der Waals surface area contributed by atoms with Crippen molar-refractivity contribution < 1.29 is 0 Å². The number of anilines is 2. The molecule has 0 amide bonds. The number of aromatic nitrogens is 5. The molecule has 5 rings (SSSR count). The molecule has 0 radical (unpaired) electrons. The first kappa shape index (κ1) is 17.6. The monoisotopic (exact) mass is 386 g/mol. The molecule has 146 valence electrons. The Morgan fingerprint density at radius 2 is 1.69 bits per heavy atom. The highest BCUT2D eigenvalue weighted by atomic mass is 15.4. The summed E-state index contributed by atoms with van der Waals surface area (Å²) in [5.74, 6) is 2.40. The van der Waals surface area contributed by atoms with Crippen LogP contribution in [0.2, 0.25) is 0 Å². The molecule has 4 heterocycles. The average Bonchev–Trinajstić information content (AvgIpc) is 3.33. The average molecular weight is 386 g/mol. The third kappa shape index (κ3) is 3.40. The molecule has 0 bridgehead atoms. The Hall–Kier alpha value is -3.47. The molecule has 0 saturated carbocycles. The van der Waals surface area contributed by atoms with Crippen molar-refractivity contribution in [3.05, 3.63) is 53.5 Å². The second-order valence-corrected chi connectivity index (χ2v) is 7.46. The zero-order valence-corrected chi connectivity index (χ0v) is 16.2. The third-order valence-corrected chi connectivity index (χ3v) is 5.68. The minimum absolute atomic E-state index is 0.697. The quantitative estimate of drug-likeness (QED) is 0.681. The van der Waals surface area contributed by atoms with Crippen LogP contribution < -0.4 is 9.80 Å². The number of nitriles is 1. The molecule has 1 saturated heterocycles. The summed E-state index contributed by atoms with van der Waals surface area (Å²) in [5, 5.41) is 22.5. The number of hydrogen-bond donors (Lipinski definition) is 0. The van der Waals surface area contributed by atoms with Crippen molar-refractivity contribution in [1.82, 2.24) is 25.0 Å². The van der Waals surface area contributed by atoms with Gasteiger partial charge in [0, 0.05) is 44.3 Å². The number of hydrogen-bond acceptors (Lipinski definition) is 7. The van der Waals surface area contributed by atoms with Gasteiger partial charge in [0.05, 0.1) is 5.56 Å². The summed E-state index contributed by atoms with van der Waals surface area (Å²) in [7, 11) is 0. The summed E-state index contributed by atoms with van der Waals surface area (Å²) in [5.41, 5.74) is 3.12. The summed E-state index contributed by atoms with van der Waals surface area (Å²) in [6.45, 7) is 3.25. The maximum atomic E-state index is 9.63. The second-order valence-electron chi connectivity index (χ2n) is 7.46.